The first-order chi connectivity index (χ1) is 12.5. The highest BCUT2D eigenvalue weighted by molar-refractivity contribution is 5.81. The Morgan fingerprint density at radius 3 is 2.58 bits per heavy atom. The SMILES string of the molecule is C=c1[nH]n(-c2ccccc2)c(=O)/c1=C\c1cc2cc(C)ccc2[nH]c1=O. The van der Waals surface area contributed by atoms with Gasteiger partial charge >= 0.3 is 0 Å². The van der Waals surface area contributed by atoms with E-state index >= 15 is 0 Å². The Labute approximate surface area is 148 Å². The van der Waals surface area contributed by atoms with E-state index in [1.165, 1.54) is 4.68 Å². The van der Waals surface area contributed by atoms with Gasteiger partial charge in [-0.2, -0.15) is 0 Å². The minimum Gasteiger partial charge on any atom is -0.321 e. The predicted octanol–water partition coefficient (Wildman–Crippen LogP) is 1.55. The summed E-state index contributed by atoms with van der Waals surface area (Å²) in [6.45, 7) is 5.90. The van der Waals surface area contributed by atoms with Crippen molar-refractivity contribution in [3.05, 3.63) is 97.0 Å². The van der Waals surface area contributed by atoms with Crippen LogP contribution in [0.5, 0.6) is 0 Å². The van der Waals surface area contributed by atoms with Crippen molar-refractivity contribution in [3.8, 4) is 5.69 Å². The number of benzene rings is 2. The van der Waals surface area contributed by atoms with E-state index in [-0.39, 0.29) is 11.1 Å². The van der Waals surface area contributed by atoms with Crippen LogP contribution in [-0.2, 0) is 0 Å². The molecule has 5 heteroatoms. The van der Waals surface area contributed by atoms with Crippen LogP contribution in [0.3, 0.4) is 0 Å². The van der Waals surface area contributed by atoms with Gasteiger partial charge in [-0.15, -0.1) is 0 Å². The van der Waals surface area contributed by atoms with Crippen LogP contribution in [0.4, 0.5) is 0 Å². The van der Waals surface area contributed by atoms with Gasteiger partial charge in [0, 0.05) is 11.1 Å². The first-order valence-electron chi connectivity index (χ1n) is 8.24. The second-order valence-corrected chi connectivity index (χ2v) is 6.27. The first-order valence-corrected chi connectivity index (χ1v) is 8.24. The highest BCUT2D eigenvalue weighted by Crippen LogP contribution is 2.13. The Kier molecular flexibility index (Phi) is 3.69. The largest absolute Gasteiger partial charge is 0.321 e. The number of aryl methyl sites for hydroxylation is 1. The van der Waals surface area contributed by atoms with Crippen LogP contribution in [0.1, 0.15) is 11.1 Å². The number of fused-ring (bicyclic) bond motifs is 1. The first kappa shape index (κ1) is 15.9. The molecule has 0 bridgehead atoms. The maximum absolute atomic E-state index is 12.8. The highest BCUT2D eigenvalue weighted by atomic mass is 16.1. The number of aromatic amines is 2. The number of aromatic nitrogens is 3. The van der Waals surface area contributed by atoms with Crippen molar-refractivity contribution in [2.75, 3.05) is 0 Å². The van der Waals surface area contributed by atoms with Crippen LogP contribution < -0.4 is 21.7 Å². The Balaban J connectivity index is 1.95. The van der Waals surface area contributed by atoms with Crippen molar-refractivity contribution in [1.29, 1.82) is 0 Å². The maximum Gasteiger partial charge on any atom is 0.279 e. The van der Waals surface area contributed by atoms with Crippen LogP contribution in [0.15, 0.2) is 64.2 Å². The lowest BCUT2D eigenvalue weighted by Gasteiger charge is -2.01. The number of para-hydroxylation sites is 1. The van der Waals surface area contributed by atoms with E-state index in [0.29, 0.717) is 21.8 Å². The molecule has 2 aromatic carbocycles. The van der Waals surface area contributed by atoms with Crippen LogP contribution >= 0.6 is 0 Å². The van der Waals surface area contributed by atoms with Gasteiger partial charge in [0.25, 0.3) is 11.1 Å². The third-order valence-corrected chi connectivity index (χ3v) is 4.35. The molecule has 0 fully saturated rings. The Hall–Kier alpha value is -3.60. The number of H-pyrrole nitrogens is 2. The molecule has 5 nitrogen and oxygen atoms in total. The summed E-state index contributed by atoms with van der Waals surface area (Å²) in [4.78, 5) is 28.0. The van der Waals surface area contributed by atoms with Crippen LogP contribution in [0.2, 0.25) is 0 Å². The summed E-state index contributed by atoms with van der Waals surface area (Å²) in [5.74, 6) is 0. The topological polar surface area (TPSA) is 70.7 Å². The summed E-state index contributed by atoms with van der Waals surface area (Å²) < 4.78 is 1.42. The summed E-state index contributed by atoms with van der Waals surface area (Å²) in [5.41, 5.74) is 2.51. The van der Waals surface area contributed by atoms with Gasteiger partial charge in [0.1, 0.15) is 0 Å². The Morgan fingerprint density at radius 2 is 1.81 bits per heavy atom. The van der Waals surface area contributed by atoms with E-state index in [1.54, 1.807) is 12.1 Å². The van der Waals surface area contributed by atoms with Crippen molar-refractivity contribution in [3.63, 3.8) is 0 Å². The van der Waals surface area contributed by atoms with Gasteiger partial charge in [-0.1, -0.05) is 36.4 Å². The molecule has 4 aromatic rings. The molecule has 4 rings (SSSR count). The number of nitrogens with one attached hydrogen (secondary N) is 2. The van der Waals surface area contributed by atoms with Crippen molar-refractivity contribution in [1.82, 2.24) is 14.8 Å². The monoisotopic (exact) mass is 343 g/mol. The quantitative estimate of drug-likeness (QED) is 0.580. The summed E-state index contributed by atoms with van der Waals surface area (Å²) in [7, 11) is 0. The fraction of sp³-hybridized carbons (Fsp3) is 0.0476. The number of pyridine rings is 1. The number of hydrogen-bond donors (Lipinski definition) is 2. The van der Waals surface area contributed by atoms with Gasteiger partial charge in [-0.05, 0) is 48.7 Å². The molecule has 0 aliphatic carbocycles. The molecule has 0 atom stereocenters. The molecule has 0 unspecified atom stereocenters. The summed E-state index contributed by atoms with van der Waals surface area (Å²) >= 11 is 0. The fourth-order valence-electron chi connectivity index (χ4n) is 3.01. The fourth-order valence-corrected chi connectivity index (χ4v) is 3.01. The smallest absolute Gasteiger partial charge is 0.279 e. The Bertz CT molecular complexity index is 1340. The second kappa shape index (κ2) is 6.04. The molecule has 0 saturated heterocycles. The molecule has 0 aliphatic heterocycles. The van der Waals surface area contributed by atoms with Crippen LogP contribution in [-0.4, -0.2) is 14.8 Å². The van der Waals surface area contributed by atoms with Gasteiger partial charge in [-0.25, -0.2) is 4.68 Å². The van der Waals surface area contributed by atoms with Gasteiger partial charge in [0.05, 0.1) is 16.3 Å². The normalized spacial score (nSPS) is 12.0. The lowest BCUT2D eigenvalue weighted by Crippen LogP contribution is -2.34. The van der Waals surface area contributed by atoms with E-state index < -0.39 is 0 Å². The molecule has 0 aliphatic rings. The molecular weight excluding hydrogens is 326 g/mol. The number of nitrogens with zero attached hydrogens (tertiary/aromatic N) is 1. The minimum atomic E-state index is -0.245. The van der Waals surface area contributed by atoms with Crippen LogP contribution in [0.25, 0.3) is 29.2 Å². The van der Waals surface area contributed by atoms with Gasteiger partial charge < -0.3 is 4.98 Å². The summed E-state index contributed by atoms with van der Waals surface area (Å²) in [6.07, 6.45) is 1.58. The van der Waals surface area contributed by atoms with Crippen molar-refractivity contribution in [2.45, 2.75) is 6.92 Å². The molecular formula is C21H17N3O2. The number of rotatable bonds is 2. The zero-order valence-corrected chi connectivity index (χ0v) is 14.2. The van der Waals surface area contributed by atoms with E-state index in [9.17, 15) is 9.59 Å². The minimum absolute atomic E-state index is 0.243. The van der Waals surface area contributed by atoms with Crippen molar-refractivity contribution < 1.29 is 0 Å². The molecule has 0 radical (unpaired) electrons. The van der Waals surface area contributed by atoms with E-state index in [4.69, 9.17) is 0 Å². The van der Waals surface area contributed by atoms with E-state index in [2.05, 4.69) is 16.7 Å². The molecule has 2 N–H and O–H groups in total. The maximum atomic E-state index is 12.8. The van der Waals surface area contributed by atoms with E-state index in [1.807, 2.05) is 55.5 Å². The molecule has 0 amide bonds. The molecule has 2 heterocycles. The third kappa shape index (κ3) is 2.69. The number of hydrogen-bond acceptors (Lipinski definition) is 2. The predicted molar refractivity (Wildman–Crippen MR) is 104 cm³/mol. The second-order valence-electron chi connectivity index (χ2n) is 6.27. The molecule has 26 heavy (non-hydrogen) atoms. The zero-order chi connectivity index (χ0) is 18.3. The zero-order valence-electron chi connectivity index (χ0n) is 14.2. The average molecular weight is 343 g/mol. The third-order valence-electron chi connectivity index (χ3n) is 4.35. The lowest BCUT2D eigenvalue weighted by atomic mass is 10.1. The summed E-state index contributed by atoms with van der Waals surface area (Å²) in [5, 5.41) is 4.71. The lowest BCUT2D eigenvalue weighted by molar-refractivity contribution is 0.838. The van der Waals surface area contributed by atoms with Crippen molar-refractivity contribution in [2.24, 2.45) is 0 Å². The van der Waals surface area contributed by atoms with Gasteiger partial charge in [-0.3, -0.25) is 14.7 Å². The van der Waals surface area contributed by atoms with E-state index in [0.717, 1.165) is 16.5 Å². The van der Waals surface area contributed by atoms with Crippen molar-refractivity contribution >= 4 is 23.6 Å². The van der Waals surface area contributed by atoms with Crippen LogP contribution in [0, 0.1) is 6.92 Å². The molecule has 0 saturated carbocycles. The summed E-state index contributed by atoms with van der Waals surface area (Å²) in [6, 6.07) is 16.8. The highest BCUT2D eigenvalue weighted by Gasteiger charge is 2.06. The molecule has 0 spiro atoms. The van der Waals surface area contributed by atoms with Gasteiger partial charge in [0.2, 0.25) is 0 Å². The molecule has 2 aromatic heterocycles. The average Bonchev–Trinajstić information content (AvgIpc) is 2.91. The molecule has 128 valence electrons. The standard InChI is InChI=1S/C21H17N3O2/c1-13-8-9-19-15(10-13)11-16(20(25)22-19)12-18-14(2)23-24(21(18)26)17-6-4-3-5-7-17/h3-12,23H,2H2,1H3,(H,22,25)/b18-12-. The Morgan fingerprint density at radius 1 is 1.04 bits per heavy atom. The van der Waals surface area contributed by atoms with Gasteiger partial charge in [0.15, 0.2) is 0 Å².